The quantitative estimate of drug-likeness (QED) is 0.850. The Bertz CT molecular complexity index is 601. The van der Waals surface area contributed by atoms with Crippen LogP contribution in [-0.2, 0) is 6.54 Å². The third-order valence-corrected chi connectivity index (χ3v) is 4.11. The molecule has 0 saturated carbocycles. The van der Waals surface area contributed by atoms with Crippen LogP contribution < -0.4 is 10.1 Å². The second-order valence-corrected chi connectivity index (χ2v) is 6.14. The Hall–Kier alpha value is -1.52. The molecule has 2 aromatic rings. The molecule has 0 aliphatic rings. The highest BCUT2D eigenvalue weighted by atomic mass is 32.2. The standard InChI is InChI=1S/C17H20FNOS/c1-12(2)19-11-13-8-9-16(14(18)10-13)21-17-7-5-4-6-15(17)20-3/h4-10,12,19H,11H2,1-3H3. The third kappa shape index (κ3) is 4.48. The van der Waals surface area contributed by atoms with Crippen LogP contribution in [0.15, 0.2) is 52.3 Å². The van der Waals surface area contributed by atoms with Crippen molar-refractivity contribution in [3.8, 4) is 5.75 Å². The average Bonchev–Trinajstić information content (AvgIpc) is 2.48. The lowest BCUT2D eigenvalue weighted by Crippen LogP contribution is -2.21. The van der Waals surface area contributed by atoms with Crippen molar-refractivity contribution in [1.29, 1.82) is 0 Å². The first kappa shape index (κ1) is 15.9. The number of ether oxygens (including phenoxy) is 1. The number of halogens is 1. The average molecular weight is 305 g/mol. The minimum Gasteiger partial charge on any atom is -0.496 e. The Morgan fingerprint density at radius 2 is 1.90 bits per heavy atom. The predicted molar refractivity (Wildman–Crippen MR) is 85.5 cm³/mol. The highest BCUT2D eigenvalue weighted by Gasteiger charge is 2.09. The van der Waals surface area contributed by atoms with E-state index in [4.69, 9.17) is 4.74 Å². The molecule has 0 aliphatic heterocycles. The van der Waals surface area contributed by atoms with E-state index in [1.165, 1.54) is 11.8 Å². The molecule has 112 valence electrons. The minimum absolute atomic E-state index is 0.200. The van der Waals surface area contributed by atoms with Gasteiger partial charge in [0.2, 0.25) is 0 Å². The van der Waals surface area contributed by atoms with Crippen molar-refractivity contribution in [2.24, 2.45) is 0 Å². The second kappa shape index (κ2) is 7.48. The SMILES string of the molecule is COc1ccccc1Sc1ccc(CNC(C)C)cc1F. The van der Waals surface area contributed by atoms with E-state index in [1.54, 1.807) is 13.2 Å². The zero-order valence-corrected chi connectivity index (χ0v) is 13.3. The van der Waals surface area contributed by atoms with Crippen LogP contribution in [0.2, 0.25) is 0 Å². The molecule has 0 saturated heterocycles. The normalized spacial score (nSPS) is 10.9. The summed E-state index contributed by atoms with van der Waals surface area (Å²) in [5, 5.41) is 3.28. The first-order chi connectivity index (χ1) is 10.1. The molecule has 1 N–H and O–H groups in total. The summed E-state index contributed by atoms with van der Waals surface area (Å²) < 4.78 is 19.5. The topological polar surface area (TPSA) is 21.3 Å². The number of hydrogen-bond donors (Lipinski definition) is 1. The van der Waals surface area contributed by atoms with Crippen LogP contribution in [0.25, 0.3) is 0 Å². The van der Waals surface area contributed by atoms with Gasteiger partial charge in [0.05, 0.1) is 12.0 Å². The van der Waals surface area contributed by atoms with Crippen molar-refractivity contribution in [3.05, 3.63) is 53.8 Å². The van der Waals surface area contributed by atoms with Crippen molar-refractivity contribution < 1.29 is 9.13 Å². The smallest absolute Gasteiger partial charge is 0.137 e. The molecule has 0 spiro atoms. The summed E-state index contributed by atoms with van der Waals surface area (Å²) in [4.78, 5) is 1.51. The van der Waals surface area contributed by atoms with Gasteiger partial charge in [0.1, 0.15) is 11.6 Å². The number of rotatable bonds is 6. The molecule has 2 aromatic carbocycles. The van der Waals surface area contributed by atoms with E-state index < -0.39 is 0 Å². The Kier molecular flexibility index (Phi) is 5.65. The summed E-state index contributed by atoms with van der Waals surface area (Å²) in [6.07, 6.45) is 0. The van der Waals surface area contributed by atoms with Gasteiger partial charge in [-0.2, -0.15) is 0 Å². The lowest BCUT2D eigenvalue weighted by atomic mass is 10.2. The zero-order valence-electron chi connectivity index (χ0n) is 12.5. The fraction of sp³-hybridized carbons (Fsp3) is 0.294. The molecule has 4 heteroatoms. The van der Waals surface area contributed by atoms with Crippen molar-refractivity contribution >= 4 is 11.8 Å². The van der Waals surface area contributed by atoms with E-state index in [1.807, 2.05) is 36.4 Å². The summed E-state index contributed by atoms with van der Waals surface area (Å²) in [5.41, 5.74) is 0.950. The van der Waals surface area contributed by atoms with E-state index in [0.717, 1.165) is 16.2 Å². The number of methoxy groups -OCH3 is 1. The number of benzene rings is 2. The maximum atomic E-state index is 14.2. The molecule has 0 heterocycles. The number of hydrogen-bond acceptors (Lipinski definition) is 3. The molecule has 2 nitrogen and oxygen atoms in total. The highest BCUT2D eigenvalue weighted by molar-refractivity contribution is 7.99. The molecular weight excluding hydrogens is 285 g/mol. The first-order valence-corrected chi connectivity index (χ1v) is 7.74. The lowest BCUT2D eigenvalue weighted by Gasteiger charge is -2.11. The second-order valence-electron chi connectivity index (χ2n) is 5.05. The van der Waals surface area contributed by atoms with Crippen molar-refractivity contribution in [1.82, 2.24) is 5.32 Å². The predicted octanol–water partition coefficient (Wildman–Crippen LogP) is 4.48. The fourth-order valence-corrected chi connectivity index (χ4v) is 2.81. The van der Waals surface area contributed by atoms with Gasteiger partial charge in [-0.3, -0.25) is 0 Å². The summed E-state index contributed by atoms with van der Waals surface area (Å²) in [5.74, 6) is 0.557. The van der Waals surface area contributed by atoms with E-state index in [0.29, 0.717) is 17.5 Å². The van der Waals surface area contributed by atoms with E-state index >= 15 is 0 Å². The molecule has 21 heavy (non-hydrogen) atoms. The van der Waals surface area contributed by atoms with Gasteiger partial charge in [-0.15, -0.1) is 0 Å². The lowest BCUT2D eigenvalue weighted by molar-refractivity contribution is 0.405. The summed E-state index contributed by atoms with van der Waals surface area (Å²) in [6, 6.07) is 13.4. The van der Waals surface area contributed by atoms with Gasteiger partial charge in [0.25, 0.3) is 0 Å². The highest BCUT2D eigenvalue weighted by Crippen LogP contribution is 2.36. The Labute approximate surface area is 129 Å². The monoisotopic (exact) mass is 305 g/mol. The van der Waals surface area contributed by atoms with Crippen molar-refractivity contribution in [2.75, 3.05) is 7.11 Å². The maximum Gasteiger partial charge on any atom is 0.137 e. The third-order valence-electron chi connectivity index (χ3n) is 3.00. The molecular formula is C17H20FNOS. The van der Waals surface area contributed by atoms with E-state index in [-0.39, 0.29) is 5.82 Å². The molecule has 0 bridgehead atoms. The van der Waals surface area contributed by atoms with Gasteiger partial charge in [0, 0.05) is 17.5 Å². The first-order valence-electron chi connectivity index (χ1n) is 6.93. The van der Waals surface area contributed by atoms with Crippen LogP contribution in [0.3, 0.4) is 0 Å². The van der Waals surface area contributed by atoms with Crippen LogP contribution in [0.5, 0.6) is 5.75 Å². The molecule has 0 amide bonds. The Morgan fingerprint density at radius 3 is 2.57 bits per heavy atom. The van der Waals surface area contributed by atoms with E-state index in [9.17, 15) is 4.39 Å². The molecule has 0 fully saturated rings. The van der Waals surface area contributed by atoms with Crippen LogP contribution in [0.1, 0.15) is 19.4 Å². The van der Waals surface area contributed by atoms with E-state index in [2.05, 4.69) is 19.2 Å². The summed E-state index contributed by atoms with van der Waals surface area (Å²) in [6.45, 7) is 4.82. The van der Waals surface area contributed by atoms with Crippen LogP contribution >= 0.6 is 11.8 Å². The molecule has 0 radical (unpaired) electrons. The number of para-hydroxylation sites is 1. The Morgan fingerprint density at radius 1 is 1.14 bits per heavy atom. The molecule has 0 atom stereocenters. The van der Waals surface area contributed by atoms with Crippen LogP contribution in [0.4, 0.5) is 4.39 Å². The van der Waals surface area contributed by atoms with Crippen LogP contribution in [0, 0.1) is 5.82 Å². The largest absolute Gasteiger partial charge is 0.496 e. The number of nitrogens with one attached hydrogen (secondary N) is 1. The van der Waals surface area contributed by atoms with Gasteiger partial charge in [-0.1, -0.05) is 43.8 Å². The molecule has 0 aromatic heterocycles. The zero-order chi connectivity index (χ0) is 15.2. The fourth-order valence-electron chi connectivity index (χ4n) is 1.88. The summed E-state index contributed by atoms with van der Waals surface area (Å²) >= 11 is 1.38. The Balaban J connectivity index is 2.14. The molecule has 0 unspecified atom stereocenters. The van der Waals surface area contributed by atoms with Crippen molar-refractivity contribution in [3.63, 3.8) is 0 Å². The van der Waals surface area contributed by atoms with Gasteiger partial charge in [0.15, 0.2) is 0 Å². The maximum absolute atomic E-state index is 14.2. The van der Waals surface area contributed by atoms with Crippen molar-refractivity contribution in [2.45, 2.75) is 36.2 Å². The molecule has 2 rings (SSSR count). The summed E-state index contributed by atoms with van der Waals surface area (Å²) in [7, 11) is 1.62. The van der Waals surface area contributed by atoms with Gasteiger partial charge < -0.3 is 10.1 Å². The van der Waals surface area contributed by atoms with Gasteiger partial charge >= 0.3 is 0 Å². The van der Waals surface area contributed by atoms with Gasteiger partial charge in [-0.25, -0.2) is 4.39 Å². The van der Waals surface area contributed by atoms with Gasteiger partial charge in [-0.05, 0) is 29.8 Å². The minimum atomic E-state index is -0.200. The molecule has 0 aliphatic carbocycles. The van der Waals surface area contributed by atoms with Crippen LogP contribution in [-0.4, -0.2) is 13.2 Å².